The van der Waals surface area contributed by atoms with E-state index >= 15 is 0 Å². The van der Waals surface area contributed by atoms with Crippen LogP contribution in [-0.2, 0) is 0 Å². The molecule has 0 aromatic heterocycles. The van der Waals surface area contributed by atoms with Gasteiger partial charge in [0, 0.05) is 22.6 Å². The Morgan fingerprint density at radius 3 is 1.95 bits per heavy atom. The highest BCUT2D eigenvalue weighted by Gasteiger charge is 2.22. The van der Waals surface area contributed by atoms with E-state index in [-0.39, 0.29) is 17.5 Å². The first-order valence-corrected chi connectivity index (χ1v) is 7.36. The average Bonchev–Trinajstić information content (AvgIpc) is 2.56. The van der Waals surface area contributed by atoms with Crippen molar-refractivity contribution in [3.8, 4) is 0 Å². The standard InChI is InChI=1S/C20H20O2/c1-3-10-15(2)18(19(21)16-11-6-4-7-12-16)20(22)17-13-8-5-9-14-17/h3-15,21H,1-2H3/b10-3+,19-18+. The van der Waals surface area contributed by atoms with E-state index in [2.05, 4.69) is 0 Å². The number of hydrogen-bond acceptors (Lipinski definition) is 2. The minimum Gasteiger partial charge on any atom is -0.507 e. The van der Waals surface area contributed by atoms with Crippen LogP contribution in [0.15, 0.2) is 78.4 Å². The number of carbonyl (C=O) groups is 1. The molecule has 112 valence electrons. The Morgan fingerprint density at radius 1 is 0.955 bits per heavy atom. The number of benzene rings is 2. The topological polar surface area (TPSA) is 37.3 Å². The summed E-state index contributed by atoms with van der Waals surface area (Å²) in [6, 6.07) is 18.2. The molecule has 0 aliphatic heterocycles. The third-order valence-corrected chi connectivity index (χ3v) is 3.52. The summed E-state index contributed by atoms with van der Waals surface area (Å²) >= 11 is 0. The maximum atomic E-state index is 12.8. The van der Waals surface area contributed by atoms with Crippen LogP contribution in [0.5, 0.6) is 0 Å². The lowest BCUT2D eigenvalue weighted by molar-refractivity contribution is 0.102. The first kappa shape index (κ1) is 15.8. The number of carbonyl (C=O) groups excluding carboxylic acids is 1. The molecule has 1 N–H and O–H groups in total. The Bertz CT molecular complexity index is 682. The van der Waals surface area contributed by atoms with E-state index in [0.29, 0.717) is 16.7 Å². The third kappa shape index (κ3) is 3.53. The van der Waals surface area contributed by atoms with Gasteiger partial charge in [-0.05, 0) is 6.92 Å². The van der Waals surface area contributed by atoms with E-state index in [1.54, 1.807) is 24.3 Å². The van der Waals surface area contributed by atoms with Gasteiger partial charge in [-0.3, -0.25) is 4.79 Å². The number of Topliss-reactive ketones (excluding diaryl/α,β-unsaturated/α-hetero) is 1. The molecule has 0 saturated heterocycles. The van der Waals surface area contributed by atoms with E-state index in [0.717, 1.165) is 0 Å². The Balaban J connectivity index is 2.55. The van der Waals surface area contributed by atoms with Gasteiger partial charge in [-0.1, -0.05) is 79.7 Å². The van der Waals surface area contributed by atoms with Crippen molar-refractivity contribution in [3.63, 3.8) is 0 Å². The molecule has 0 saturated carbocycles. The van der Waals surface area contributed by atoms with Gasteiger partial charge in [-0.2, -0.15) is 0 Å². The Morgan fingerprint density at radius 2 is 1.45 bits per heavy atom. The second-order valence-corrected chi connectivity index (χ2v) is 5.14. The lowest BCUT2D eigenvalue weighted by atomic mass is 9.90. The molecule has 2 heteroatoms. The Labute approximate surface area is 131 Å². The third-order valence-electron chi connectivity index (χ3n) is 3.52. The number of aliphatic hydroxyl groups is 1. The molecule has 1 atom stereocenters. The van der Waals surface area contributed by atoms with Crippen molar-refractivity contribution < 1.29 is 9.90 Å². The fourth-order valence-corrected chi connectivity index (χ4v) is 2.41. The molecule has 2 aromatic carbocycles. The van der Waals surface area contributed by atoms with Crippen LogP contribution >= 0.6 is 0 Å². The zero-order chi connectivity index (χ0) is 15.9. The second kappa shape index (κ2) is 7.41. The monoisotopic (exact) mass is 292 g/mol. The zero-order valence-electron chi connectivity index (χ0n) is 12.9. The molecule has 22 heavy (non-hydrogen) atoms. The Hall–Kier alpha value is -2.61. The molecule has 0 heterocycles. The van der Waals surface area contributed by atoms with Gasteiger partial charge >= 0.3 is 0 Å². The molecule has 2 aromatic rings. The molecule has 0 aliphatic rings. The first-order valence-electron chi connectivity index (χ1n) is 7.36. The van der Waals surface area contributed by atoms with Crippen LogP contribution in [0, 0.1) is 5.92 Å². The minimum atomic E-state index is -0.169. The lowest BCUT2D eigenvalue weighted by Gasteiger charge is -2.15. The van der Waals surface area contributed by atoms with E-state index < -0.39 is 0 Å². The van der Waals surface area contributed by atoms with Gasteiger partial charge < -0.3 is 5.11 Å². The highest BCUT2D eigenvalue weighted by molar-refractivity contribution is 6.12. The fraction of sp³-hybridized carbons (Fsp3) is 0.150. The maximum absolute atomic E-state index is 12.8. The minimum absolute atomic E-state index is 0.0417. The molecular formula is C20H20O2. The number of ketones is 1. The second-order valence-electron chi connectivity index (χ2n) is 5.14. The van der Waals surface area contributed by atoms with Gasteiger partial charge in [0.2, 0.25) is 0 Å². The van der Waals surface area contributed by atoms with Crippen molar-refractivity contribution in [2.75, 3.05) is 0 Å². The predicted molar refractivity (Wildman–Crippen MR) is 90.7 cm³/mol. The highest BCUT2D eigenvalue weighted by atomic mass is 16.3. The highest BCUT2D eigenvalue weighted by Crippen LogP contribution is 2.26. The largest absolute Gasteiger partial charge is 0.507 e. The van der Waals surface area contributed by atoms with Gasteiger partial charge in [0.05, 0.1) is 0 Å². The number of aliphatic hydroxyl groups excluding tert-OH is 1. The molecule has 2 rings (SSSR count). The molecule has 0 spiro atoms. The first-order chi connectivity index (χ1) is 10.6. The van der Waals surface area contributed by atoms with E-state index in [4.69, 9.17) is 0 Å². The van der Waals surface area contributed by atoms with Gasteiger partial charge in [-0.25, -0.2) is 0 Å². The Kier molecular flexibility index (Phi) is 5.31. The summed E-state index contributed by atoms with van der Waals surface area (Å²) in [6.45, 7) is 3.82. The average molecular weight is 292 g/mol. The lowest BCUT2D eigenvalue weighted by Crippen LogP contribution is -2.12. The number of rotatable bonds is 5. The molecule has 0 bridgehead atoms. The maximum Gasteiger partial charge on any atom is 0.193 e. The van der Waals surface area contributed by atoms with Crippen molar-refractivity contribution in [2.24, 2.45) is 5.92 Å². The van der Waals surface area contributed by atoms with E-state index in [1.165, 1.54) is 0 Å². The normalized spacial score (nSPS) is 13.7. The van der Waals surface area contributed by atoms with Crippen LogP contribution in [0.3, 0.4) is 0 Å². The number of allylic oxidation sites excluding steroid dienone is 3. The van der Waals surface area contributed by atoms with Crippen LogP contribution in [-0.4, -0.2) is 10.9 Å². The summed E-state index contributed by atoms with van der Waals surface area (Å²) in [7, 11) is 0. The predicted octanol–water partition coefficient (Wildman–Crippen LogP) is 5.05. The molecular weight excluding hydrogens is 272 g/mol. The summed E-state index contributed by atoms with van der Waals surface area (Å²) in [4.78, 5) is 12.8. The quantitative estimate of drug-likeness (QED) is 0.362. The van der Waals surface area contributed by atoms with E-state index in [1.807, 2.05) is 62.4 Å². The molecule has 0 radical (unpaired) electrons. The smallest absolute Gasteiger partial charge is 0.193 e. The van der Waals surface area contributed by atoms with E-state index in [9.17, 15) is 9.90 Å². The van der Waals surface area contributed by atoms with Crippen molar-refractivity contribution in [3.05, 3.63) is 89.5 Å². The summed E-state index contributed by atoms with van der Waals surface area (Å²) in [6.07, 6.45) is 3.80. The van der Waals surface area contributed by atoms with Gasteiger partial charge in [-0.15, -0.1) is 0 Å². The van der Waals surface area contributed by atoms with Gasteiger partial charge in [0.1, 0.15) is 5.76 Å². The van der Waals surface area contributed by atoms with Crippen LogP contribution in [0.2, 0.25) is 0 Å². The molecule has 0 aliphatic carbocycles. The van der Waals surface area contributed by atoms with Crippen LogP contribution < -0.4 is 0 Å². The summed E-state index contributed by atoms with van der Waals surface area (Å²) in [5, 5.41) is 10.6. The molecule has 1 unspecified atom stereocenters. The van der Waals surface area contributed by atoms with Crippen LogP contribution in [0.25, 0.3) is 5.76 Å². The van der Waals surface area contributed by atoms with Crippen molar-refractivity contribution in [1.29, 1.82) is 0 Å². The molecule has 2 nitrogen and oxygen atoms in total. The molecule has 0 fully saturated rings. The van der Waals surface area contributed by atoms with Gasteiger partial charge in [0.15, 0.2) is 5.78 Å². The SMILES string of the molecule is C/C=C/C(C)/C(C(=O)c1ccccc1)=C(\O)c1ccccc1. The summed E-state index contributed by atoms with van der Waals surface area (Å²) in [5.74, 6) is -0.273. The van der Waals surface area contributed by atoms with Crippen molar-refractivity contribution in [2.45, 2.75) is 13.8 Å². The van der Waals surface area contributed by atoms with Crippen LogP contribution in [0.4, 0.5) is 0 Å². The summed E-state index contributed by atoms with van der Waals surface area (Å²) < 4.78 is 0. The zero-order valence-corrected chi connectivity index (χ0v) is 12.9. The van der Waals surface area contributed by atoms with Gasteiger partial charge in [0.25, 0.3) is 0 Å². The summed E-state index contributed by atoms with van der Waals surface area (Å²) in [5.41, 5.74) is 1.64. The fourth-order valence-electron chi connectivity index (χ4n) is 2.41. The van der Waals surface area contributed by atoms with Crippen LogP contribution in [0.1, 0.15) is 29.8 Å². The van der Waals surface area contributed by atoms with Crippen molar-refractivity contribution in [1.82, 2.24) is 0 Å². The molecule has 0 amide bonds. The number of hydrogen-bond donors (Lipinski definition) is 1. The van der Waals surface area contributed by atoms with Crippen molar-refractivity contribution >= 4 is 11.5 Å².